The Hall–Kier alpha value is -0.980. The van der Waals surface area contributed by atoms with Crippen molar-refractivity contribution in [3.8, 4) is 0 Å². The number of rotatable bonds is 3. The number of fused-ring (bicyclic) bond motifs is 1. The van der Waals surface area contributed by atoms with Crippen molar-refractivity contribution < 1.29 is 18.0 Å². The minimum absolute atomic E-state index is 0.0140. The molecule has 2 amide bonds. The van der Waals surface area contributed by atoms with Crippen molar-refractivity contribution in [1.29, 1.82) is 0 Å². The predicted octanol–water partition coefficient (Wildman–Crippen LogP) is 1.58. The number of likely N-dealkylation sites (tertiary alicyclic amines) is 1. The molecule has 0 bridgehead atoms. The van der Waals surface area contributed by atoms with E-state index in [1.165, 1.54) is 12.8 Å². The van der Waals surface area contributed by atoms with Gasteiger partial charge >= 0.3 is 12.2 Å². The molecule has 4 rings (SSSR count). The fourth-order valence-electron chi connectivity index (χ4n) is 4.23. The highest BCUT2D eigenvalue weighted by molar-refractivity contribution is 5.75. The number of amides is 2. The molecule has 2 aliphatic carbocycles. The number of hydrogen-bond donors (Lipinski definition) is 2. The molecule has 0 aromatic heterocycles. The van der Waals surface area contributed by atoms with Crippen LogP contribution in [-0.4, -0.2) is 49.8 Å². The standard InChI is InChI=1S/C14H20F3N3O/c15-14(16,17)13-5-12(13,6-18-8-13)7-19-11(21)20-3-10(4-20)9-1-2-9/h9-10,18H,1-8H2,(H,19,21)/t12-,13-/m0/s1. The minimum Gasteiger partial charge on any atom is -0.337 e. The van der Waals surface area contributed by atoms with Crippen molar-refractivity contribution in [2.24, 2.45) is 22.7 Å². The maximum Gasteiger partial charge on any atom is 0.396 e. The Kier molecular flexibility index (Phi) is 2.64. The van der Waals surface area contributed by atoms with Crippen molar-refractivity contribution in [2.45, 2.75) is 25.4 Å². The number of carbonyl (C=O) groups is 1. The summed E-state index contributed by atoms with van der Waals surface area (Å²) in [5.41, 5.74) is -2.43. The van der Waals surface area contributed by atoms with Crippen molar-refractivity contribution in [3.63, 3.8) is 0 Å². The van der Waals surface area contributed by atoms with E-state index >= 15 is 0 Å². The first kappa shape index (κ1) is 13.7. The van der Waals surface area contributed by atoms with E-state index in [9.17, 15) is 18.0 Å². The predicted molar refractivity (Wildman–Crippen MR) is 69.6 cm³/mol. The number of nitrogens with one attached hydrogen (secondary N) is 2. The number of halogens is 3. The Balaban J connectivity index is 1.30. The normalized spacial score (nSPS) is 38.9. The molecule has 4 aliphatic rings. The highest BCUT2D eigenvalue weighted by atomic mass is 19.4. The van der Waals surface area contributed by atoms with Crippen LogP contribution in [0.25, 0.3) is 0 Å². The quantitative estimate of drug-likeness (QED) is 0.831. The molecule has 0 aromatic carbocycles. The lowest BCUT2D eigenvalue weighted by Crippen LogP contribution is -2.55. The minimum atomic E-state index is -4.19. The van der Waals surface area contributed by atoms with Gasteiger partial charge in [0.05, 0.1) is 5.41 Å². The molecule has 0 unspecified atom stereocenters. The Morgan fingerprint density at radius 1 is 1.24 bits per heavy atom. The first-order chi connectivity index (χ1) is 9.87. The van der Waals surface area contributed by atoms with Gasteiger partial charge in [0.25, 0.3) is 0 Å². The molecule has 2 saturated carbocycles. The zero-order chi connectivity index (χ0) is 14.9. The second kappa shape index (κ2) is 4.06. The van der Waals surface area contributed by atoms with Gasteiger partial charge in [0.15, 0.2) is 0 Å². The number of alkyl halides is 3. The fourth-order valence-corrected chi connectivity index (χ4v) is 4.23. The van der Waals surface area contributed by atoms with Crippen molar-refractivity contribution in [3.05, 3.63) is 0 Å². The molecule has 4 fully saturated rings. The van der Waals surface area contributed by atoms with E-state index < -0.39 is 17.0 Å². The lowest BCUT2D eigenvalue weighted by atomic mass is 9.94. The molecule has 2 saturated heterocycles. The lowest BCUT2D eigenvalue weighted by molar-refractivity contribution is -0.190. The molecule has 0 aromatic rings. The van der Waals surface area contributed by atoms with Crippen LogP contribution in [0.4, 0.5) is 18.0 Å². The number of nitrogens with zero attached hydrogens (tertiary/aromatic N) is 1. The smallest absolute Gasteiger partial charge is 0.337 e. The van der Waals surface area contributed by atoms with Gasteiger partial charge in [-0.05, 0) is 31.1 Å². The summed E-state index contributed by atoms with van der Waals surface area (Å²) < 4.78 is 39.5. The van der Waals surface area contributed by atoms with E-state index in [2.05, 4.69) is 10.6 Å². The van der Waals surface area contributed by atoms with Crippen LogP contribution in [0.5, 0.6) is 0 Å². The molecular formula is C14H20F3N3O. The Labute approximate surface area is 121 Å². The first-order valence-electron chi connectivity index (χ1n) is 7.67. The number of piperidine rings is 1. The largest absolute Gasteiger partial charge is 0.396 e. The average Bonchev–Trinajstić information content (AvgIpc) is 3.24. The maximum absolute atomic E-state index is 13.2. The molecular weight excluding hydrogens is 283 g/mol. The van der Waals surface area contributed by atoms with Gasteiger partial charge in [-0.3, -0.25) is 0 Å². The van der Waals surface area contributed by atoms with Gasteiger partial charge in [0.2, 0.25) is 0 Å². The lowest BCUT2D eigenvalue weighted by Gasteiger charge is -2.39. The van der Waals surface area contributed by atoms with Gasteiger partial charge in [-0.1, -0.05) is 0 Å². The SMILES string of the molecule is O=C(NC[C@]12CNC[C@@]1(C(F)(F)F)C2)N1CC(C2CC2)C1. The summed E-state index contributed by atoms with van der Waals surface area (Å²) in [4.78, 5) is 13.7. The van der Waals surface area contributed by atoms with E-state index in [1.54, 1.807) is 4.90 Å². The van der Waals surface area contributed by atoms with E-state index in [-0.39, 0.29) is 25.5 Å². The van der Waals surface area contributed by atoms with Crippen LogP contribution in [0.2, 0.25) is 0 Å². The molecule has 0 radical (unpaired) electrons. The van der Waals surface area contributed by atoms with E-state index in [0.29, 0.717) is 12.5 Å². The van der Waals surface area contributed by atoms with Crippen LogP contribution < -0.4 is 10.6 Å². The first-order valence-corrected chi connectivity index (χ1v) is 7.67. The molecule has 2 N–H and O–H groups in total. The Bertz CT molecular complexity index is 473. The molecule has 118 valence electrons. The van der Waals surface area contributed by atoms with Gasteiger partial charge in [-0.2, -0.15) is 13.2 Å². The fraction of sp³-hybridized carbons (Fsp3) is 0.929. The van der Waals surface area contributed by atoms with Crippen LogP contribution in [-0.2, 0) is 0 Å². The Morgan fingerprint density at radius 2 is 1.95 bits per heavy atom. The zero-order valence-corrected chi connectivity index (χ0v) is 11.8. The topological polar surface area (TPSA) is 44.4 Å². The van der Waals surface area contributed by atoms with Crippen LogP contribution >= 0.6 is 0 Å². The summed E-state index contributed by atoms with van der Waals surface area (Å²) in [5.74, 6) is 1.41. The zero-order valence-electron chi connectivity index (χ0n) is 11.8. The summed E-state index contributed by atoms with van der Waals surface area (Å²) >= 11 is 0. The van der Waals surface area contributed by atoms with Crippen molar-refractivity contribution in [1.82, 2.24) is 15.5 Å². The summed E-state index contributed by atoms with van der Waals surface area (Å²) in [6.07, 6.45) is -1.51. The van der Waals surface area contributed by atoms with Gasteiger partial charge in [-0.15, -0.1) is 0 Å². The number of urea groups is 1. The van der Waals surface area contributed by atoms with Crippen LogP contribution in [0, 0.1) is 22.7 Å². The van der Waals surface area contributed by atoms with E-state index in [0.717, 1.165) is 19.0 Å². The van der Waals surface area contributed by atoms with Crippen LogP contribution in [0.1, 0.15) is 19.3 Å². The molecule has 4 nitrogen and oxygen atoms in total. The molecule has 0 spiro atoms. The van der Waals surface area contributed by atoms with Crippen LogP contribution in [0.15, 0.2) is 0 Å². The molecule has 2 heterocycles. The highest BCUT2D eigenvalue weighted by Gasteiger charge is 2.81. The summed E-state index contributed by atoms with van der Waals surface area (Å²) in [6, 6.07) is -0.198. The second-order valence-electron chi connectivity index (χ2n) is 7.30. The third kappa shape index (κ3) is 1.89. The van der Waals surface area contributed by atoms with Gasteiger partial charge < -0.3 is 15.5 Å². The molecule has 2 aliphatic heterocycles. The third-order valence-corrected chi connectivity index (χ3v) is 6.03. The van der Waals surface area contributed by atoms with Crippen LogP contribution in [0.3, 0.4) is 0 Å². The monoisotopic (exact) mass is 303 g/mol. The van der Waals surface area contributed by atoms with E-state index in [1.807, 2.05) is 0 Å². The van der Waals surface area contributed by atoms with Gasteiger partial charge in [0, 0.05) is 38.1 Å². The third-order valence-electron chi connectivity index (χ3n) is 6.03. The summed E-state index contributed by atoms with van der Waals surface area (Å²) in [5, 5.41) is 5.57. The second-order valence-corrected chi connectivity index (χ2v) is 7.30. The summed E-state index contributed by atoms with van der Waals surface area (Å²) in [6.45, 7) is 2.00. The van der Waals surface area contributed by atoms with E-state index in [4.69, 9.17) is 0 Å². The van der Waals surface area contributed by atoms with Crippen molar-refractivity contribution in [2.75, 3.05) is 32.7 Å². The molecule has 7 heteroatoms. The molecule has 2 atom stereocenters. The maximum atomic E-state index is 13.2. The Morgan fingerprint density at radius 3 is 2.52 bits per heavy atom. The van der Waals surface area contributed by atoms with Gasteiger partial charge in [-0.25, -0.2) is 4.79 Å². The molecule has 21 heavy (non-hydrogen) atoms. The number of hydrogen-bond acceptors (Lipinski definition) is 2. The highest BCUT2D eigenvalue weighted by Crippen LogP contribution is 2.72. The van der Waals surface area contributed by atoms with Gasteiger partial charge in [0.1, 0.15) is 0 Å². The average molecular weight is 303 g/mol. The number of carbonyl (C=O) groups excluding carboxylic acids is 1. The summed E-state index contributed by atoms with van der Waals surface area (Å²) in [7, 11) is 0. The van der Waals surface area contributed by atoms with Crippen molar-refractivity contribution >= 4 is 6.03 Å².